The predicted molar refractivity (Wildman–Crippen MR) is 144 cm³/mol. The lowest BCUT2D eigenvalue weighted by atomic mass is 10.1. The number of aliphatic imine (C=N–C) groups is 1. The van der Waals surface area contributed by atoms with E-state index in [0.29, 0.717) is 38.7 Å². The van der Waals surface area contributed by atoms with Crippen molar-refractivity contribution < 1.29 is 14.3 Å². The van der Waals surface area contributed by atoms with Crippen molar-refractivity contribution in [1.82, 2.24) is 10.6 Å². The van der Waals surface area contributed by atoms with Gasteiger partial charge in [-0.2, -0.15) is 0 Å². The van der Waals surface area contributed by atoms with Gasteiger partial charge in [0.15, 0.2) is 17.5 Å². The summed E-state index contributed by atoms with van der Waals surface area (Å²) in [6.45, 7) is 8.44. The second-order valence-electron chi connectivity index (χ2n) is 7.98. The van der Waals surface area contributed by atoms with E-state index in [1.54, 1.807) is 0 Å². The van der Waals surface area contributed by atoms with E-state index in [9.17, 15) is 4.79 Å². The van der Waals surface area contributed by atoms with Crippen LogP contribution in [-0.2, 0) is 11.3 Å². The smallest absolute Gasteiger partial charge is 0.221 e. The largest absolute Gasteiger partial charge is 0.490 e. The van der Waals surface area contributed by atoms with Crippen molar-refractivity contribution >= 4 is 41.5 Å². The molecule has 0 aromatic heterocycles. The number of carbonyl (C=O) groups is 1. The average molecular weight is 566 g/mol. The molecule has 1 atom stereocenters. The summed E-state index contributed by atoms with van der Waals surface area (Å²) in [5.74, 6) is 2.11. The lowest BCUT2D eigenvalue weighted by Crippen LogP contribution is -2.37. The Hall–Kier alpha value is -2.49. The van der Waals surface area contributed by atoms with Gasteiger partial charge in [-0.05, 0) is 43.5 Å². The molecule has 1 aliphatic rings. The van der Waals surface area contributed by atoms with Crippen molar-refractivity contribution in [1.29, 1.82) is 0 Å². The minimum absolute atomic E-state index is 0. The maximum atomic E-state index is 12.1. The van der Waals surface area contributed by atoms with E-state index >= 15 is 0 Å². The summed E-state index contributed by atoms with van der Waals surface area (Å²) in [6, 6.07) is 14.1. The van der Waals surface area contributed by atoms with Crippen LogP contribution in [0, 0.1) is 6.92 Å². The Labute approximate surface area is 213 Å². The van der Waals surface area contributed by atoms with Crippen molar-refractivity contribution in [2.45, 2.75) is 52.6 Å². The molecule has 3 N–H and O–H groups in total. The first-order valence-electron chi connectivity index (χ1n) is 11.3. The molecule has 1 heterocycles. The molecular formula is C25H35IN4O3. The molecule has 0 bridgehead atoms. The van der Waals surface area contributed by atoms with E-state index in [0.717, 1.165) is 35.6 Å². The number of nitrogens with zero attached hydrogens (tertiary/aromatic N) is 1. The van der Waals surface area contributed by atoms with E-state index in [4.69, 9.17) is 14.5 Å². The van der Waals surface area contributed by atoms with E-state index in [-0.39, 0.29) is 35.9 Å². The van der Waals surface area contributed by atoms with Crippen molar-refractivity contribution in [3.63, 3.8) is 0 Å². The van der Waals surface area contributed by atoms with Crippen molar-refractivity contribution in [3.05, 3.63) is 53.6 Å². The first-order valence-corrected chi connectivity index (χ1v) is 11.3. The standard InChI is InChI=1S/C25H34N4O3.HI/c1-4-19(3)28-24(30)12-13-26-25(27-17-20-9-6-5-8-18(20)2)29-21-10-11-22-23(16-21)32-15-7-14-31-22;/h5-6,8-11,16,19H,4,7,12-15,17H2,1-3H3,(H,28,30)(H2,26,27,29);1H. The van der Waals surface area contributed by atoms with E-state index in [1.807, 2.05) is 37.3 Å². The molecule has 0 spiro atoms. The molecule has 1 amide bonds. The molecule has 33 heavy (non-hydrogen) atoms. The molecule has 7 nitrogen and oxygen atoms in total. The number of amides is 1. The molecule has 1 aliphatic heterocycles. The SMILES string of the molecule is CCC(C)NC(=O)CCNC(=NCc1ccccc1C)Nc1ccc2c(c1)OCCCO2.I. The van der Waals surface area contributed by atoms with Crippen LogP contribution in [0.3, 0.4) is 0 Å². The summed E-state index contributed by atoms with van der Waals surface area (Å²) in [6.07, 6.45) is 2.14. The van der Waals surface area contributed by atoms with E-state index in [1.165, 1.54) is 5.56 Å². The summed E-state index contributed by atoms with van der Waals surface area (Å²) < 4.78 is 11.5. The number of aryl methyl sites for hydroxylation is 1. The molecular weight excluding hydrogens is 531 g/mol. The number of guanidine groups is 1. The van der Waals surface area contributed by atoms with E-state index in [2.05, 4.69) is 41.9 Å². The third kappa shape index (κ3) is 8.75. The maximum absolute atomic E-state index is 12.1. The molecule has 0 saturated heterocycles. The highest BCUT2D eigenvalue weighted by Crippen LogP contribution is 2.32. The van der Waals surface area contributed by atoms with Crippen LogP contribution in [0.15, 0.2) is 47.5 Å². The summed E-state index contributed by atoms with van der Waals surface area (Å²) in [4.78, 5) is 16.9. The molecule has 2 aromatic rings. The number of benzene rings is 2. The third-order valence-corrected chi connectivity index (χ3v) is 5.34. The molecule has 0 aliphatic carbocycles. The fourth-order valence-electron chi connectivity index (χ4n) is 3.21. The Kier molecular flexibility index (Phi) is 11.3. The molecule has 3 rings (SSSR count). The lowest BCUT2D eigenvalue weighted by molar-refractivity contribution is -0.121. The molecule has 2 aromatic carbocycles. The van der Waals surface area contributed by atoms with Gasteiger partial charge >= 0.3 is 0 Å². The van der Waals surface area contributed by atoms with Gasteiger partial charge in [0.25, 0.3) is 0 Å². The van der Waals surface area contributed by atoms with Crippen molar-refractivity contribution in [3.8, 4) is 11.5 Å². The van der Waals surface area contributed by atoms with Crippen LogP contribution in [0.2, 0.25) is 0 Å². The second kappa shape index (κ2) is 13.9. The normalized spacial score (nSPS) is 13.8. The Morgan fingerprint density at radius 3 is 2.64 bits per heavy atom. The van der Waals surface area contributed by atoms with Gasteiger partial charge in [0.05, 0.1) is 19.8 Å². The zero-order valence-electron chi connectivity index (χ0n) is 19.6. The quantitative estimate of drug-likeness (QED) is 0.247. The number of ether oxygens (including phenoxy) is 2. The van der Waals surface area contributed by atoms with Crippen LogP contribution in [0.1, 0.15) is 44.2 Å². The van der Waals surface area contributed by atoms with Crippen molar-refractivity contribution in [2.75, 3.05) is 25.1 Å². The summed E-state index contributed by atoms with van der Waals surface area (Å²) in [5.41, 5.74) is 3.19. The molecule has 1 unspecified atom stereocenters. The van der Waals surface area contributed by atoms with E-state index < -0.39 is 0 Å². The topological polar surface area (TPSA) is 84.0 Å². The highest BCUT2D eigenvalue weighted by Gasteiger charge is 2.12. The number of carbonyl (C=O) groups excluding carboxylic acids is 1. The molecule has 0 saturated carbocycles. The average Bonchev–Trinajstić information content (AvgIpc) is 3.03. The summed E-state index contributed by atoms with van der Waals surface area (Å²) in [5, 5.41) is 9.60. The zero-order chi connectivity index (χ0) is 22.8. The minimum atomic E-state index is 0. The van der Waals surface area contributed by atoms with Gasteiger partial charge in [-0.25, -0.2) is 4.99 Å². The molecule has 8 heteroatoms. The van der Waals surface area contributed by atoms with Crippen LogP contribution in [-0.4, -0.2) is 37.7 Å². The van der Waals surface area contributed by atoms with Gasteiger partial charge in [0.1, 0.15) is 0 Å². The first kappa shape index (κ1) is 26.8. The highest BCUT2D eigenvalue weighted by atomic mass is 127. The minimum Gasteiger partial charge on any atom is -0.490 e. The number of hydrogen-bond donors (Lipinski definition) is 3. The summed E-state index contributed by atoms with van der Waals surface area (Å²) >= 11 is 0. The number of fused-ring (bicyclic) bond motifs is 1. The second-order valence-corrected chi connectivity index (χ2v) is 7.98. The number of nitrogens with one attached hydrogen (secondary N) is 3. The fourth-order valence-corrected chi connectivity index (χ4v) is 3.21. The number of halogens is 1. The Morgan fingerprint density at radius 2 is 1.88 bits per heavy atom. The Morgan fingerprint density at radius 1 is 1.12 bits per heavy atom. The van der Waals surface area contributed by atoms with Crippen LogP contribution >= 0.6 is 24.0 Å². The monoisotopic (exact) mass is 566 g/mol. The van der Waals surface area contributed by atoms with Crippen LogP contribution in [0.5, 0.6) is 11.5 Å². The van der Waals surface area contributed by atoms with Gasteiger partial charge < -0.3 is 25.4 Å². The van der Waals surface area contributed by atoms with Crippen LogP contribution in [0.25, 0.3) is 0 Å². The van der Waals surface area contributed by atoms with Crippen LogP contribution in [0.4, 0.5) is 5.69 Å². The number of rotatable bonds is 8. The predicted octanol–water partition coefficient (Wildman–Crippen LogP) is 4.64. The Balaban J connectivity index is 0.00000385. The van der Waals surface area contributed by atoms with Crippen molar-refractivity contribution in [2.24, 2.45) is 4.99 Å². The van der Waals surface area contributed by atoms with Gasteiger partial charge in [-0.1, -0.05) is 31.2 Å². The first-order chi connectivity index (χ1) is 15.5. The van der Waals surface area contributed by atoms with Gasteiger partial charge in [-0.15, -0.1) is 24.0 Å². The van der Waals surface area contributed by atoms with Gasteiger partial charge in [0, 0.05) is 37.2 Å². The zero-order valence-corrected chi connectivity index (χ0v) is 22.0. The molecule has 180 valence electrons. The maximum Gasteiger partial charge on any atom is 0.221 e. The van der Waals surface area contributed by atoms with Gasteiger partial charge in [0.2, 0.25) is 5.91 Å². The molecule has 0 radical (unpaired) electrons. The number of hydrogen-bond acceptors (Lipinski definition) is 4. The highest BCUT2D eigenvalue weighted by molar-refractivity contribution is 14.0. The summed E-state index contributed by atoms with van der Waals surface area (Å²) in [7, 11) is 0. The van der Waals surface area contributed by atoms with Crippen LogP contribution < -0.4 is 25.4 Å². The lowest BCUT2D eigenvalue weighted by Gasteiger charge is -2.16. The fraction of sp³-hybridized carbons (Fsp3) is 0.440. The molecule has 0 fully saturated rings. The van der Waals surface area contributed by atoms with Gasteiger partial charge in [-0.3, -0.25) is 4.79 Å². The number of anilines is 1. The third-order valence-electron chi connectivity index (χ3n) is 5.34. The Bertz CT molecular complexity index is 936.